The molecule has 0 spiro atoms. The number of rotatable bonds is 2. The van der Waals surface area contributed by atoms with Crippen molar-refractivity contribution >= 4 is 11.6 Å². The van der Waals surface area contributed by atoms with Crippen LogP contribution in [0.1, 0.15) is 28.1 Å². The monoisotopic (exact) mass is 252 g/mol. The van der Waals surface area contributed by atoms with E-state index in [1.807, 2.05) is 26.8 Å². The van der Waals surface area contributed by atoms with Crippen molar-refractivity contribution < 1.29 is 0 Å². The number of hydrogen-bond acceptors (Lipinski definition) is 4. The van der Waals surface area contributed by atoms with Crippen LogP contribution in [-0.2, 0) is 0 Å². The zero-order valence-corrected chi connectivity index (χ0v) is 11.6. The van der Waals surface area contributed by atoms with Gasteiger partial charge in [0, 0.05) is 11.4 Å². The van der Waals surface area contributed by atoms with Crippen LogP contribution in [0.25, 0.3) is 0 Å². The number of hydrogen-bond donors (Lipinski definition) is 1. The van der Waals surface area contributed by atoms with Gasteiger partial charge < -0.3 is 5.32 Å². The number of aromatic nitrogens is 2. The highest BCUT2D eigenvalue weighted by atomic mass is 15.1. The lowest BCUT2D eigenvalue weighted by molar-refractivity contribution is 1.08. The molecular formula is C15H16N4. The molecule has 0 amide bonds. The van der Waals surface area contributed by atoms with Crippen LogP contribution in [0.2, 0.25) is 0 Å². The Hall–Kier alpha value is -2.41. The lowest BCUT2D eigenvalue weighted by atomic mass is 10.1. The third kappa shape index (κ3) is 2.89. The molecule has 96 valence electrons. The molecule has 0 fully saturated rings. The highest BCUT2D eigenvalue weighted by molar-refractivity contribution is 5.64. The summed E-state index contributed by atoms with van der Waals surface area (Å²) in [4.78, 5) is 8.48. The molecule has 1 heterocycles. The highest BCUT2D eigenvalue weighted by Crippen LogP contribution is 2.24. The van der Waals surface area contributed by atoms with Crippen molar-refractivity contribution in [2.24, 2.45) is 0 Å². The molecular weight excluding hydrogens is 236 g/mol. The Morgan fingerprint density at radius 2 is 1.63 bits per heavy atom. The standard InChI is InChI=1S/C15H16N4/c1-9-5-10(2)14(11(3)6-9)19-15-17-12(4)7-13(8-16)18-15/h5-7H,1-4H3,(H,17,18,19). The lowest BCUT2D eigenvalue weighted by Gasteiger charge is -2.13. The Morgan fingerprint density at radius 3 is 2.21 bits per heavy atom. The maximum atomic E-state index is 8.93. The van der Waals surface area contributed by atoms with Crippen molar-refractivity contribution in [1.29, 1.82) is 5.26 Å². The predicted octanol–water partition coefficient (Wildman–Crippen LogP) is 3.33. The Morgan fingerprint density at radius 1 is 1.00 bits per heavy atom. The number of aryl methyl sites for hydroxylation is 4. The minimum atomic E-state index is 0.373. The van der Waals surface area contributed by atoms with Gasteiger partial charge in [-0.1, -0.05) is 17.7 Å². The van der Waals surface area contributed by atoms with Crippen molar-refractivity contribution in [2.45, 2.75) is 27.7 Å². The SMILES string of the molecule is Cc1cc(C)c(Nc2nc(C)cc(C#N)n2)c(C)c1. The van der Waals surface area contributed by atoms with Crippen LogP contribution in [-0.4, -0.2) is 9.97 Å². The van der Waals surface area contributed by atoms with Gasteiger partial charge in [-0.25, -0.2) is 9.97 Å². The molecule has 0 bridgehead atoms. The van der Waals surface area contributed by atoms with Crippen LogP contribution in [0.4, 0.5) is 11.6 Å². The van der Waals surface area contributed by atoms with Gasteiger partial charge in [-0.2, -0.15) is 5.26 Å². The van der Waals surface area contributed by atoms with E-state index in [2.05, 4.69) is 34.3 Å². The van der Waals surface area contributed by atoms with Gasteiger partial charge >= 0.3 is 0 Å². The summed E-state index contributed by atoms with van der Waals surface area (Å²) in [5, 5.41) is 12.1. The molecule has 0 radical (unpaired) electrons. The van der Waals surface area contributed by atoms with E-state index in [0.29, 0.717) is 11.6 Å². The first-order chi connectivity index (χ1) is 8.99. The summed E-state index contributed by atoms with van der Waals surface area (Å²) in [5.74, 6) is 0.464. The smallest absolute Gasteiger partial charge is 0.228 e. The molecule has 0 aliphatic heterocycles. The van der Waals surface area contributed by atoms with Crippen LogP contribution in [0.15, 0.2) is 18.2 Å². The molecule has 1 aromatic heterocycles. The average Bonchev–Trinajstić information content (AvgIpc) is 2.33. The zero-order valence-electron chi connectivity index (χ0n) is 11.6. The van der Waals surface area contributed by atoms with E-state index in [-0.39, 0.29) is 0 Å². The fraction of sp³-hybridized carbons (Fsp3) is 0.267. The van der Waals surface area contributed by atoms with Crippen LogP contribution in [0, 0.1) is 39.0 Å². The van der Waals surface area contributed by atoms with Gasteiger partial charge in [0.25, 0.3) is 0 Å². The number of nitriles is 1. The molecule has 4 heteroatoms. The van der Waals surface area contributed by atoms with E-state index in [1.54, 1.807) is 6.07 Å². The van der Waals surface area contributed by atoms with Gasteiger partial charge in [0.2, 0.25) is 5.95 Å². The van der Waals surface area contributed by atoms with Crippen molar-refractivity contribution in [2.75, 3.05) is 5.32 Å². The molecule has 0 atom stereocenters. The first kappa shape index (κ1) is 13.0. The van der Waals surface area contributed by atoms with Crippen molar-refractivity contribution in [3.05, 3.63) is 46.3 Å². The molecule has 19 heavy (non-hydrogen) atoms. The predicted molar refractivity (Wildman–Crippen MR) is 75.4 cm³/mol. The summed E-state index contributed by atoms with van der Waals surface area (Å²) in [6.45, 7) is 8.01. The average molecular weight is 252 g/mol. The highest BCUT2D eigenvalue weighted by Gasteiger charge is 2.07. The summed E-state index contributed by atoms with van der Waals surface area (Å²) in [7, 11) is 0. The summed E-state index contributed by atoms with van der Waals surface area (Å²) < 4.78 is 0. The van der Waals surface area contributed by atoms with E-state index in [9.17, 15) is 0 Å². The molecule has 1 aromatic carbocycles. The second-order valence-electron chi connectivity index (χ2n) is 4.73. The fourth-order valence-corrected chi connectivity index (χ4v) is 2.17. The van der Waals surface area contributed by atoms with Gasteiger partial charge in [-0.15, -0.1) is 0 Å². The number of nitrogens with one attached hydrogen (secondary N) is 1. The van der Waals surface area contributed by atoms with E-state index in [1.165, 1.54) is 5.56 Å². The van der Waals surface area contributed by atoms with Gasteiger partial charge in [-0.05, 0) is 44.9 Å². The first-order valence-electron chi connectivity index (χ1n) is 6.10. The van der Waals surface area contributed by atoms with Crippen molar-refractivity contribution in [1.82, 2.24) is 9.97 Å². The van der Waals surface area contributed by atoms with Crippen LogP contribution in [0.3, 0.4) is 0 Å². The second-order valence-corrected chi connectivity index (χ2v) is 4.73. The Labute approximate surface area is 113 Å². The Balaban J connectivity index is 2.42. The minimum Gasteiger partial charge on any atom is -0.324 e. The molecule has 0 saturated carbocycles. The van der Waals surface area contributed by atoms with Crippen molar-refractivity contribution in [3.63, 3.8) is 0 Å². The number of anilines is 2. The van der Waals surface area contributed by atoms with Gasteiger partial charge in [0.15, 0.2) is 0 Å². The topological polar surface area (TPSA) is 61.6 Å². The fourth-order valence-electron chi connectivity index (χ4n) is 2.17. The zero-order chi connectivity index (χ0) is 14.0. The minimum absolute atomic E-state index is 0.373. The first-order valence-corrected chi connectivity index (χ1v) is 6.10. The van der Waals surface area contributed by atoms with Gasteiger partial charge in [0.1, 0.15) is 11.8 Å². The summed E-state index contributed by atoms with van der Waals surface area (Å²) >= 11 is 0. The summed E-state index contributed by atoms with van der Waals surface area (Å²) in [6.07, 6.45) is 0. The third-order valence-corrected chi connectivity index (χ3v) is 2.88. The maximum absolute atomic E-state index is 8.93. The largest absolute Gasteiger partial charge is 0.324 e. The van der Waals surface area contributed by atoms with Crippen LogP contribution < -0.4 is 5.32 Å². The normalized spacial score (nSPS) is 10.1. The second kappa shape index (κ2) is 5.07. The molecule has 4 nitrogen and oxygen atoms in total. The molecule has 2 aromatic rings. The molecule has 1 N–H and O–H groups in total. The molecule has 2 rings (SSSR count). The van der Waals surface area contributed by atoms with E-state index in [0.717, 1.165) is 22.5 Å². The third-order valence-electron chi connectivity index (χ3n) is 2.88. The quantitative estimate of drug-likeness (QED) is 0.890. The molecule has 0 aliphatic rings. The number of nitrogens with zero attached hydrogens (tertiary/aromatic N) is 3. The van der Waals surface area contributed by atoms with E-state index < -0.39 is 0 Å². The maximum Gasteiger partial charge on any atom is 0.228 e. The summed E-state index contributed by atoms with van der Waals surface area (Å²) in [5.41, 5.74) is 5.65. The van der Waals surface area contributed by atoms with Gasteiger partial charge in [-0.3, -0.25) is 0 Å². The van der Waals surface area contributed by atoms with Gasteiger partial charge in [0.05, 0.1) is 0 Å². The van der Waals surface area contributed by atoms with Crippen molar-refractivity contribution in [3.8, 4) is 6.07 Å². The lowest BCUT2D eigenvalue weighted by Crippen LogP contribution is -2.03. The van der Waals surface area contributed by atoms with E-state index in [4.69, 9.17) is 5.26 Å². The van der Waals surface area contributed by atoms with E-state index >= 15 is 0 Å². The van der Waals surface area contributed by atoms with Crippen LogP contribution >= 0.6 is 0 Å². The molecule has 0 saturated heterocycles. The molecule has 0 unspecified atom stereocenters. The van der Waals surface area contributed by atoms with Crippen LogP contribution in [0.5, 0.6) is 0 Å². The Bertz CT molecular complexity index is 645. The number of benzene rings is 1. The summed E-state index contributed by atoms with van der Waals surface area (Å²) in [6, 6.07) is 7.92. The molecule has 0 aliphatic carbocycles. The Kier molecular flexibility index (Phi) is 3.48.